The lowest BCUT2D eigenvalue weighted by atomic mass is 10.2. The Hall–Kier alpha value is -2.06. The van der Waals surface area contributed by atoms with Gasteiger partial charge in [-0.3, -0.25) is 9.48 Å². The lowest BCUT2D eigenvalue weighted by Crippen LogP contribution is -2.12. The molecule has 0 radical (unpaired) electrons. The zero-order valence-electron chi connectivity index (χ0n) is 18.8. The third kappa shape index (κ3) is 5.44. The maximum atomic E-state index is 12.9. The summed E-state index contributed by atoms with van der Waals surface area (Å²) in [5.41, 5.74) is 2.94. The molecule has 1 N–H and O–H groups in total. The van der Waals surface area contributed by atoms with Gasteiger partial charge in [0, 0.05) is 5.02 Å². The lowest BCUT2D eigenvalue weighted by Gasteiger charge is -2.12. The number of furan rings is 1. The van der Waals surface area contributed by atoms with Gasteiger partial charge in [0.1, 0.15) is 22.4 Å². The normalized spacial score (nSPS) is 11.1. The van der Waals surface area contributed by atoms with Crippen LogP contribution in [0.1, 0.15) is 33.3 Å². The van der Waals surface area contributed by atoms with E-state index in [1.54, 1.807) is 10.7 Å². The van der Waals surface area contributed by atoms with Crippen molar-refractivity contribution < 1.29 is 13.9 Å². The van der Waals surface area contributed by atoms with Gasteiger partial charge in [0.15, 0.2) is 11.5 Å². The maximum absolute atomic E-state index is 12.9. The van der Waals surface area contributed by atoms with Crippen molar-refractivity contribution in [3.05, 3.63) is 95.0 Å². The molecular weight excluding hydrogens is 591 g/mol. The Morgan fingerprint density at radius 2 is 1.58 bits per heavy atom. The minimum Gasteiger partial charge on any atom is -0.482 e. The molecule has 0 atom stereocenters. The highest BCUT2D eigenvalue weighted by Gasteiger charge is 2.22. The zero-order chi connectivity index (χ0) is 26.1. The lowest BCUT2D eigenvalue weighted by molar-refractivity contribution is 0.0992. The molecule has 36 heavy (non-hydrogen) atoms. The van der Waals surface area contributed by atoms with Gasteiger partial charge in [-0.25, -0.2) is 0 Å². The molecule has 0 unspecified atom stereocenters. The zero-order valence-corrected chi connectivity index (χ0v) is 23.3. The molecule has 0 aliphatic rings. The van der Waals surface area contributed by atoms with Crippen molar-refractivity contribution in [3.63, 3.8) is 0 Å². The summed E-state index contributed by atoms with van der Waals surface area (Å²) < 4.78 is 13.1. The molecular formula is C24H17Cl6N3O3. The van der Waals surface area contributed by atoms with Gasteiger partial charge in [-0.1, -0.05) is 87.8 Å². The number of rotatable bonds is 7. The molecule has 0 spiro atoms. The first-order valence-electron chi connectivity index (χ1n) is 10.4. The number of carbonyl (C=O) groups excluding carboxylic acids is 1. The standard InChI is InChI=1S/C24H17Cl6N3O3/c1-11-22(12(2)33(32-11)9-13-5-3-4-6-15(13)25)31-24(34)16-8-7-14(36-16)10-35-23-20(29)18(27)17(26)19(28)21(23)30/h3-8H,9-10H2,1-2H3,(H,31,34). The highest BCUT2D eigenvalue weighted by molar-refractivity contribution is 6.55. The van der Waals surface area contributed by atoms with Crippen LogP contribution >= 0.6 is 69.6 Å². The molecule has 0 fully saturated rings. The van der Waals surface area contributed by atoms with Crippen LogP contribution in [0.5, 0.6) is 5.75 Å². The van der Waals surface area contributed by atoms with Crippen LogP contribution in [0.4, 0.5) is 5.69 Å². The molecule has 188 valence electrons. The number of hydrogen-bond acceptors (Lipinski definition) is 4. The van der Waals surface area contributed by atoms with Crippen LogP contribution in [0.15, 0.2) is 40.8 Å². The number of nitrogens with one attached hydrogen (secondary N) is 1. The van der Waals surface area contributed by atoms with Crippen molar-refractivity contribution in [2.75, 3.05) is 5.32 Å². The monoisotopic (exact) mass is 605 g/mol. The van der Waals surface area contributed by atoms with E-state index in [0.717, 1.165) is 11.3 Å². The summed E-state index contributed by atoms with van der Waals surface area (Å²) in [5.74, 6) is 0.0312. The van der Waals surface area contributed by atoms with Gasteiger partial charge in [-0.05, 0) is 37.6 Å². The van der Waals surface area contributed by atoms with E-state index in [1.165, 1.54) is 6.07 Å². The van der Waals surface area contributed by atoms with Crippen molar-refractivity contribution >= 4 is 81.2 Å². The SMILES string of the molecule is Cc1nn(Cc2ccccc2Cl)c(C)c1NC(=O)c1ccc(COc2c(Cl)c(Cl)c(Cl)c(Cl)c2Cl)o1. The van der Waals surface area contributed by atoms with E-state index >= 15 is 0 Å². The van der Waals surface area contributed by atoms with Crippen molar-refractivity contribution in [1.29, 1.82) is 0 Å². The van der Waals surface area contributed by atoms with Gasteiger partial charge < -0.3 is 14.5 Å². The Balaban J connectivity index is 1.46. The molecule has 12 heteroatoms. The molecule has 0 saturated carbocycles. The molecule has 0 aliphatic heterocycles. The highest BCUT2D eigenvalue weighted by atomic mass is 35.5. The fourth-order valence-corrected chi connectivity index (χ4v) is 4.85. The smallest absolute Gasteiger partial charge is 0.291 e. The Morgan fingerprint density at radius 1 is 0.944 bits per heavy atom. The fourth-order valence-electron chi connectivity index (χ4n) is 3.43. The van der Waals surface area contributed by atoms with Crippen molar-refractivity contribution in [2.24, 2.45) is 0 Å². The number of halogens is 6. The molecule has 1 amide bonds. The Labute approximate surface area is 236 Å². The molecule has 0 bridgehead atoms. The number of carbonyl (C=O) groups is 1. The summed E-state index contributed by atoms with van der Waals surface area (Å²) in [6, 6.07) is 10.6. The molecule has 0 aliphatic carbocycles. The van der Waals surface area contributed by atoms with Crippen LogP contribution in [0.25, 0.3) is 0 Å². The van der Waals surface area contributed by atoms with E-state index in [-0.39, 0.29) is 43.2 Å². The van der Waals surface area contributed by atoms with Crippen LogP contribution in [-0.2, 0) is 13.2 Å². The summed E-state index contributed by atoms with van der Waals surface area (Å²) in [7, 11) is 0. The second-order valence-electron chi connectivity index (χ2n) is 7.70. The van der Waals surface area contributed by atoms with E-state index in [1.807, 2.05) is 38.1 Å². The number of hydrogen-bond donors (Lipinski definition) is 1. The maximum Gasteiger partial charge on any atom is 0.291 e. The second-order valence-corrected chi connectivity index (χ2v) is 10.00. The minimum atomic E-state index is -0.446. The fraction of sp³-hybridized carbons (Fsp3) is 0.167. The number of ether oxygens (including phenoxy) is 1. The highest BCUT2D eigenvalue weighted by Crippen LogP contribution is 2.48. The van der Waals surface area contributed by atoms with E-state index in [4.69, 9.17) is 78.8 Å². The summed E-state index contributed by atoms with van der Waals surface area (Å²) >= 11 is 36.8. The Bertz CT molecular complexity index is 1430. The van der Waals surface area contributed by atoms with Crippen LogP contribution in [0.3, 0.4) is 0 Å². The predicted molar refractivity (Wildman–Crippen MR) is 145 cm³/mol. The number of benzene rings is 2. The number of aromatic nitrogens is 2. The molecule has 4 rings (SSSR count). The van der Waals surface area contributed by atoms with Crippen molar-refractivity contribution in [1.82, 2.24) is 9.78 Å². The van der Waals surface area contributed by atoms with Gasteiger partial charge in [0.25, 0.3) is 5.91 Å². The van der Waals surface area contributed by atoms with Gasteiger partial charge in [0.2, 0.25) is 0 Å². The van der Waals surface area contributed by atoms with Crippen molar-refractivity contribution in [2.45, 2.75) is 27.0 Å². The molecule has 0 saturated heterocycles. The van der Waals surface area contributed by atoms with Crippen molar-refractivity contribution in [3.8, 4) is 5.75 Å². The quantitative estimate of drug-likeness (QED) is 0.168. The first kappa shape index (κ1) is 27.0. The number of anilines is 1. The summed E-state index contributed by atoms with van der Waals surface area (Å²) in [5, 5.41) is 8.13. The van der Waals surface area contributed by atoms with Gasteiger partial charge in [-0.15, -0.1) is 0 Å². The first-order chi connectivity index (χ1) is 17.1. The molecule has 2 heterocycles. The van der Waals surface area contributed by atoms with Gasteiger partial charge in [0.05, 0.1) is 38.7 Å². The van der Waals surface area contributed by atoms with Crippen LogP contribution in [0.2, 0.25) is 30.1 Å². The average molecular weight is 608 g/mol. The largest absolute Gasteiger partial charge is 0.482 e. The van der Waals surface area contributed by atoms with E-state index in [9.17, 15) is 4.79 Å². The minimum absolute atomic E-state index is 0.0142. The van der Waals surface area contributed by atoms with Crippen LogP contribution < -0.4 is 10.1 Å². The molecule has 6 nitrogen and oxygen atoms in total. The first-order valence-corrected chi connectivity index (χ1v) is 12.7. The predicted octanol–water partition coefficient (Wildman–Crippen LogP) is 8.89. The third-order valence-corrected chi connectivity index (χ3v) is 7.92. The van der Waals surface area contributed by atoms with E-state index < -0.39 is 5.91 Å². The Morgan fingerprint density at radius 3 is 2.25 bits per heavy atom. The van der Waals surface area contributed by atoms with Gasteiger partial charge >= 0.3 is 0 Å². The number of amides is 1. The summed E-state index contributed by atoms with van der Waals surface area (Å²) in [6.45, 7) is 4.05. The van der Waals surface area contributed by atoms with Gasteiger partial charge in [-0.2, -0.15) is 5.10 Å². The summed E-state index contributed by atoms with van der Waals surface area (Å²) in [6.07, 6.45) is 0. The Kier molecular flexibility index (Phi) is 8.35. The molecule has 4 aromatic rings. The topological polar surface area (TPSA) is 69.3 Å². The molecule has 2 aromatic heterocycles. The average Bonchev–Trinajstić information content (AvgIpc) is 3.43. The summed E-state index contributed by atoms with van der Waals surface area (Å²) in [4.78, 5) is 12.9. The number of aryl methyl sites for hydroxylation is 1. The third-order valence-electron chi connectivity index (χ3n) is 5.31. The van der Waals surface area contributed by atoms with Crippen LogP contribution in [-0.4, -0.2) is 15.7 Å². The van der Waals surface area contributed by atoms with E-state index in [2.05, 4.69) is 10.4 Å². The second kappa shape index (κ2) is 11.1. The van der Waals surface area contributed by atoms with Crippen LogP contribution in [0, 0.1) is 13.8 Å². The number of nitrogens with zero attached hydrogens (tertiary/aromatic N) is 2. The molecule has 2 aromatic carbocycles. The van der Waals surface area contributed by atoms with E-state index in [0.29, 0.717) is 28.7 Å².